The van der Waals surface area contributed by atoms with E-state index in [1.807, 2.05) is 12.1 Å². The number of piperidine rings is 1. The Balaban J connectivity index is 2.16. The highest BCUT2D eigenvalue weighted by Gasteiger charge is 2.21. The molecule has 1 heterocycles. The molecule has 112 valence electrons. The van der Waals surface area contributed by atoms with Crippen molar-refractivity contribution in [2.24, 2.45) is 0 Å². The molecule has 6 heteroatoms. The summed E-state index contributed by atoms with van der Waals surface area (Å²) in [7, 11) is -2.95. The topological polar surface area (TPSA) is 29.5 Å². The lowest BCUT2D eigenvalue weighted by Crippen LogP contribution is -2.29. The van der Waals surface area contributed by atoms with Crippen LogP contribution in [0, 0.1) is 0 Å². The van der Waals surface area contributed by atoms with Gasteiger partial charge >= 0.3 is 7.47 Å². The Bertz CT molecular complexity index is 511. The van der Waals surface area contributed by atoms with Crippen LogP contribution in [0.1, 0.15) is 31.7 Å². The van der Waals surface area contributed by atoms with Gasteiger partial charge in [0, 0.05) is 30.4 Å². The minimum Gasteiger partial charge on any atom is -0.505 e. The molecule has 21 heavy (non-hydrogen) atoms. The standard InChI is InChI=1S/C15H18BF2NO2/c1-12(20)11-15(21-16(17)18)13-5-7-14(8-6-13)19-9-3-2-4-10-19/h5-8,11H,2-4,9-10H2,1H3/b15-11-. The van der Waals surface area contributed by atoms with E-state index in [2.05, 4.69) is 9.55 Å². The minimum atomic E-state index is -2.95. The number of nitrogens with zero attached hydrogens (tertiary/aromatic N) is 1. The molecule has 3 nitrogen and oxygen atoms in total. The van der Waals surface area contributed by atoms with Gasteiger partial charge in [-0.3, -0.25) is 4.79 Å². The van der Waals surface area contributed by atoms with Crippen molar-refractivity contribution in [2.45, 2.75) is 26.2 Å². The summed E-state index contributed by atoms with van der Waals surface area (Å²) in [5, 5.41) is 0. The fraction of sp³-hybridized carbons (Fsp3) is 0.400. The first-order chi connectivity index (χ1) is 10.1. The number of ketones is 1. The largest absolute Gasteiger partial charge is 0.796 e. The minimum absolute atomic E-state index is 0.0947. The van der Waals surface area contributed by atoms with E-state index in [0.717, 1.165) is 24.9 Å². The normalized spacial score (nSPS) is 15.8. The molecule has 2 rings (SSSR count). The maximum Gasteiger partial charge on any atom is 0.796 e. The number of hydrogen-bond donors (Lipinski definition) is 0. The first kappa shape index (κ1) is 15.5. The molecular formula is C15H18BF2NO2. The predicted octanol–water partition coefficient (Wildman–Crippen LogP) is 3.55. The third-order valence-electron chi connectivity index (χ3n) is 3.42. The van der Waals surface area contributed by atoms with Gasteiger partial charge in [-0.15, -0.1) is 0 Å². The van der Waals surface area contributed by atoms with Crippen molar-refractivity contribution in [1.29, 1.82) is 0 Å². The van der Waals surface area contributed by atoms with Gasteiger partial charge in [-0.25, -0.2) is 8.63 Å². The van der Waals surface area contributed by atoms with Gasteiger partial charge in [0.15, 0.2) is 5.78 Å². The second-order valence-corrected chi connectivity index (χ2v) is 5.09. The van der Waals surface area contributed by atoms with E-state index in [1.54, 1.807) is 12.1 Å². The third-order valence-corrected chi connectivity index (χ3v) is 3.42. The molecule has 1 fully saturated rings. The lowest BCUT2D eigenvalue weighted by Gasteiger charge is -2.28. The summed E-state index contributed by atoms with van der Waals surface area (Å²) in [5.41, 5.74) is 1.55. The highest BCUT2D eigenvalue weighted by atomic mass is 19.2. The molecule has 0 bridgehead atoms. The fourth-order valence-electron chi connectivity index (χ4n) is 2.45. The molecule has 0 radical (unpaired) electrons. The first-order valence-electron chi connectivity index (χ1n) is 7.09. The number of anilines is 1. The summed E-state index contributed by atoms with van der Waals surface area (Å²) in [6.45, 7) is 3.34. The van der Waals surface area contributed by atoms with Crippen LogP contribution in [0.3, 0.4) is 0 Å². The van der Waals surface area contributed by atoms with Gasteiger partial charge in [0.05, 0.1) is 0 Å². The van der Waals surface area contributed by atoms with E-state index >= 15 is 0 Å². The Morgan fingerprint density at radius 1 is 1.19 bits per heavy atom. The number of hydrogen-bond acceptors (Lipinski definition) is 3. The third kappa shape index (κ3) is 4.58. The van der Waals surface area contributed by atoms with Crippen LogP contribution in [0.2, 0.25) is 0 Å². The lowest BCUT2D eigenvalue weighted by atomic mass is 10.1. The summed E-state index contributed by atoms with van der Waals surface area (Å²) in [4.78, 5) is 13.4. The summed E-state index contributed by atoms with van der Waals surface area (Å²) in [5.74, 6) is -0.423. The Labute approximate surface area is 123 Å². The number of rotatable bonds is 5. The average Bonchev–Trinajstić information content (AvgIpc) is 2.47. The second kappa shape index (κ2) is 7.25. The smallest absolute Gasteiger partial charge is 0.505 e. The van der Waals surface area contributed by atoms with Gasteiger partial charge in [0.25, 0.3) is 0 Å². The van der Waals surface area contributed by atoms with Crippen LogP contribution in [0.5, 0.6) is 0 Å². The van der Waals surface area contributed by atoms with Crippen LogP contribution in [0.15, 0.2) is 30.3 Å². The molecule has 0 aromatic heterocycles. The highest BCUT2D eigenvalue weighted by molar-refractivity contribution is 6.36. The molecule has 0 aliphatic carbocycles. The summed E-state index contributed by atoms with van der Waals surface area (Å²) in [6, 6.07) is 7.18. The Hall–Kier alpha value is -1.85. The van der Waals surface area contributed by atoms with Gasteiger partial charge in [-0.1, -0.05) is 0 Å². The van der Waals surface area contributed by atoms with Crippen LogP contribution in [0.25, 0.3) is 5.76 Å². The molecule has 0 unspecified atom stereocenters. The van der Waals surface area contributed by atoms with E-state index in [0.29, 0.717) is 5.56 Å². The van der Waals surface area contributed by atoms with Crippen molar-refractivity contribution in [3.8, 4) is 0 Å². The number of carbonyl (C=O) groups is 1. The van der Waals surface area contributed by atoms with Gasteiger partial charge in [-0.2, -0.15) is 0 Å². The quantitative estimate of drug-likeness (QED) is 0.472. The molecule has 1 saturated heterocycles. The van der Waals surface area contributed by atoms with Gasteiger partial charge in [-0.05, 0) is 50.5 Å². The second-order valence-electron chi connectivity index (χ2n) is 5.09. The number of benzene rings is 1. The van der Waals surface area contributed by atoms with Gasteiger partial charge in [0.1, 0.15) is 5.76 Å². The van der Waals surface area contributed by atoms with E-state index in [9.17, 15) is 13.4 Å². The molecule has 0 spiro atoms. The molecule has 0 saturated carbocycles. The zero-order chi connectivity index (χ0) is 15.2. The monoisotopic (exact) mass is 293 g/mol. The van der Waals surface area contributed by atoms with Crippen molar-refractivity contribution in [1.82, 2.24) is 0 Å². The molecule has 0 amide bonds. The van der Waals surface area contributed by atoms with E-state index in [4.69, 9.17) is 0 Å². The fourth-order valence-corrected chi connectivity index (χ4v) is 2.45. The van der Waals surface area contributed by atoms with Crippen molar-refractivity contribution in [3.05, 3.63) is 35.9 Å². The Kier molecular flexibility index (Phi) is 5.36. The lowest BCUT2D eigenvalue weighted by molar-refractivity contribution is -0.112. The SMILES string of the molecule is CC(=O)/C=C(\OB(F)F)c1ccc(N2CCCCC2)cc1. The van der Waals surface area contributed by atoms with Gasteiger partial charge < -0.3 is 9.55 Å². The van der Waals surface area contributed by atoms with E-state index < -0.39 is 7.47 Å². The molecular weight excluding hydrogens is 275 g/mol. The van der Waals surface area contributed by atoms with E-state index in [-0.39, 0.29) is 11.5 Å². The number of halogens is 2. The molecule has 1 aromatic carbocycles. The van der Waals surface area contributed by atoms with Crippen LogP contribution >= 0.6 is 0 Å². The zero-order valence-electron chi connectivity index (χ0n) is 12.0. The number of allylic oxidation sites excluding steroid dienone is 1. The molecule has 0 atom stereocenters. The molecule has 1 aromatic rings. The number of carbonyl (C=O) groups excluding carboxylic acids is 1. The van der Waals surface area contributed by atoms with Crippen molar-refractivity contribution < 1.29 is 18.1 Å². The Morgan fingerprint density at radius 3 is 2.33 bits per heavy atom. The van der Waals surface area contributed by atoms with Gasteiger partial charge in [0.2, 0.25) is 0 Å². The summed E-state index contributed by atoms with van der Waals surface area (Å²) < 4.78 is 29.2. The maximum absolute atomic E-state index is 12.4. The summed E-state index contributed by atoms with van der Waals surface area (Å²) >= 11 is 0. The molecule has 1 aliphatic rings. The van der Waals surface area contributed by atoms with Crippen molar-refractivity contribution >= 4 is 24.7 Å². The molecule has 0 N–H and O–H groups in total. The van der Waals surface area contributed by atoms with Crippen molar-refractivity contribution in [3.63, 3.8) is 0 Å². The average molecular weight is 293 g/mol. The highest BCUT2D eigenvalue weighted by Crippen LogP contribution is 2.24. The van der Waals surface area contributed by atoms with Crippen LogP contribution in [-0.2, 0) is 9.45 Å². The van der Waals surface area contributed by atoms with Crippen LogP contribution in [0.4, 0.5) is 14.3 Å². The first-order valence-corrected chi connectivity index (χ1v) is 7.09. The zero-order valence-corrected chi connectivity index (χ0v) is 12.0. The molecule has 1 aliphatic heterocycles. The van der Waals surface area contributed by atoms with Crippen LogP contribution in [-0.4, -0.2) is 26.3 Å². The Morgan fingerprint density at radius 2 is 1.81 bits per heavy atom. The van der Waals surface area contributed by atoms with Crippen LogP contribution < -0.4 is 4.90 Å². The predicted molar refractivity (Wildman–Crippen MR) is 80.2 cm³/mol. The van der Waals surface area contributed by atoms with E-state index in [1.165, 1.54) is 26.2 Å². The summed E-state index contributed by atoms with van der Waals surface area (Å²) in [6.07, 6.45) is 4.68. The van der Waals surface area contributed by atoms with Crippen molar-refractivity contribution in [2.75, 3.05) is 18.0 Å². The maximum atomic E-state index is 12.4.